The normalized spacial score (nSPS) is 16.1. The van der Waals surface area contributed by atoms with Gasteiger partial charge in [-0.25, -0.2) is 4.99 Å². The van der Waals surface area contributed by atoms with E-state index in [1.165, 1.54) is 17.4 Å². The lowest BCUT2D eigenvalue weighted by Crippen LogP contribution is -2.21. The third-order valence-electron chi connectivity index (χ3n) is 4.41. The topological polar surface area (TPSA) is 53.9 Å². The van der Waals surface area contributed by atoms with Crippen molar-refractivity contribution in [1.82, 2.24) is 5.32 Å². The molecular formula is C23H25N3O2S. The number of nitrogens with zero attached hydrogens (tertiary/aromatic N) is 2. The van der Waals surface area contributed by atoms with Gasteiger partial charge in [0.2, 0.25) is 0 Å². The second kappa shape index (κ2) is 9.98. The summed E-state index contributed by atoms with van der Waals surface area (Å²) in [6, 6.07) is 15.6. The summed E-state index contributed by atoms with van der Waals surface area (Å²) in [6.07, 6.45) is 3.55. The summed E-state index contributed by atoms with van der Waals surface area (Å²) < 4.78 is 5.48. The van der Waals surface area contributed by atoms with E-state index in [9.17, 15) is 4.79 Å². The lowest BCUT2D eigenvalue weighted by Gasteiger charge is -2.20. The van der Waals surface area contributed by atoms with E-state index in [4.69, 9.17) is 4.74 Å². The van der Waals surface area contributed by atoms with Gasteiger partial charge in [-0.1, -0.05) is 24.8 Å². The Balaban J connectivity index is 1.69. The summed E-state index contributed by atoms with van der Waals surface area (Å²) in [5, 5.41) is 3.42. The summed E-state index contributed by atoms with van der Waals surface area (Å²) in [6.45, 7) is 10.3. The molecule has 0 radical (unpaired) electrons. The largest absolute Gasteiger partial charge is 0.490 e. The molecule has 1 aliphatic rings. The van der Waals surface area contributed by atoms with Crippen molar-refractivity contribution in [3.05, 3.63) is 71.7 Å². The first-order valence-electron chi connectivity index (χ1n) is 9.61. The number of nitrogens with one attached hydrogen (secondary N) is 1. The number of hydrogen-bond acceptors (Lipinski definition) is 5. The van der Waals surface area contributed by atoms with Gasteiger partial charge < -0.3 is 15.0 Å². The summed E-state index contributed by atoms with van der Waals surface area (Å²) in [7, 11) is 0. The Morgan fingerprint density at radius 3 is 2.41 bits per heavy atom. The molecule has 3 rings (SSSR count). The molecule has 2 aromatic rings. The number of amides is 1. The number of hydrogen-bond donors (Lipinski definition) is 1. The number of benzene rings is 2. The van der Waals surface area contributed by atoms with Crippen LogP contribution in [0.1, 0.15) is 19.4 Å². The third kappa shape index (κ3) is 5.51. The molecule has 1 aliphatic heterocycles. The van der Waals surface area contributed by atoms with Gasteiger partial charge in [0.25, 0.3) is 5.91 Å². The highest BCUT2D eigenvalue weighted by atomic mass is 32.2. The van der Waals surface area contributed by atoms with Gasteiger partial charge in [0.1, 0.15) is 12.4 Å². The zero-order valence-electron chi connectivity index (χ0n) is 16.7. The van der Waals surface area contributed by atoms with Crippen LogP contribution in [0.5, 0.6) is 5.75 Å². The standard InChI is InChI=1S/C23H25N3O2S/c1-4-15-28-20-13-7-17(8-14-20)16-21-22(27)25-23(29-21)24-18-9-11-19(12-10-18)26(5-2)6-3/h4,7-14,16H,1,5-6,15H2,2-3H3,(H,24,25,27). The van der Waals surface area contributed by atoms with Crippen LogP contribution in [-0.4, -0.2) is 30.8 Å². The fourth-order valence-electron chi connectivity index (χ4n) is 2.89. The van der Waals surface area contributed by atoms with Crippen molar-refractivity contribution in [3.8, 4) is 5.75 Å². The molecule has 0 saturated carbocycles. The van der Waals surface area contributed by atoms with Gasteiger partial charge >= 0.3 is 0 Å². The first-order valence-corrected chi connectivity index (χ1v) is 10.4. The van der Waals surface area contributed by atoms with Gasteiger partial charge in [-0.3, -0.25) is 4.79 Å². The highest BCUT2D eigenvalue weighted by molar-refractivity contribution is 8.18. The number of aliphatic imine (C=N–C) groups is 1. The van der Waals surface area contributed by atoms with Crippen molar-refractivity contribution >= 4 is 40.3 Å². The van der Waals surface area contributed by atoms with E-state index in [1.54, 1.807) is 6.08 Å². The predicted octanol–water partition coefficient (Wildman–Crippen LogP) is 4.99. The molecule has 1 saturated heterocycles. The molecule has 6 heteroatoms. The molecule has 0 spiro atoms. The van der Waals surface area contributed by atoms with Gasteiger partial charge in [-0.05, 0) is 73.6 Å². The Bertz CT molecular complexity index is 914. The van der Waals surface area contributed by atoms with Gasteiger partial charge in [-0.15, -0.1) is 0 Å². The summed E-state index contributed by atoms with van der Waals surface area (Å²) >= 11 is 1.34. The van der Waals surface area contributed by atoms with Crippen LogP contribution in [0.4, 0.5) is 11.4 Å². The summed E-state index contributed by atoms with van der Waals surface area (Å²) in [5.41, 5.74) is 2.91. The van der Waals surface area contributed by atoms with Crippen LogP contribution in [-0.2, 0) is 4.79 Å². The molecule has 1 N–H and O–H groups in total. The number of thioether (sulfide) groups is 1. The Labute approximate surface area is 176 Å². The van der Waals surface area contributed by atoms with E-state index >= 15 is 0 Å². The number of ether oxygens (including phenoxy) is 1. The second-order valence-electron chi connectivity index (χ2n) is 6.34. The number of carbonyl (C=O) groups is 1. The number of anilines is 1. The van der Waals surface area contributed by atoms with Crippen LogP contribution in [0.15, 0.2) is 71.1 Å². The molecule has 1 heterocycles. The molecular weight excluding hydrogens is 382 g/mol. The molecule has 0 atom stereocenters. The van der Waals surface area contributed by atoms with E-state index in [2.05, 4.69) is 47.8 Å². The van der Waals surface area contributed by atoms with Crippen molar-refractivity contribution in [2.45, 2.75) is 13.8 Å². The van der Waals surface area contributed by atoms with Crippen LogP contribution in [0.3, 0.4) is 0 Å². The van der Waals surface area contributed by atoms with E-state index in [0.29, 0.717) is 16.7 Å². The molecule has 0 bridgehead atoms. The Morgan fingerprint density at radius 1 is 1.10 bits per heavy atom. The number of carbonyl (C=O) groups excluding carboxylic acids is 1. The molecule has 0 aromatic heterocycles. The molecule has 5 nitrogen and oxygen atoms in total. The lowest BCUT2D eigenvalue weighted by atomic mass is 10.2. The quantitative estimate of drug-likeness (QED) is 0.495. The van der Waals surface area contributed by atoms with Crippen molar-refractivity contribution < 1.29 is 9.53 Å². The smallest absolute Gasteiger partial charge is 0.264 e. The van der Waals surface area contributed by atoms with Crippen molar-refractivity contribution in [2.24, 2.45) is 4.99 Å². The lowest BCUT2D eigenvalue weighted by molar-refractivity contribution is -0.115. The van der Waals surface area contributed by atoms with E-state index in [0.717, 1.165) is 30.1 Å². The molecule has 0 unspecified atom stereocenters. The highest BCUT2D eigenvalue weighted by Crippen LogP contribution is 2.29. The van der Waals surface area contributed by atoms with E-state index < -0.39 is 0 Å². The zero-order chi connectivity index (χ0) is 20.6. The van der Waals surface area contributed by atoms with Crippen molar-refractivity contribution in [2.75, 3.05) is 24.6 Å². The molecule has 2 aromatic carbocycles. The van der Waals surface area contributed by atoms with Crippen LogP contribution in [0.2, 0.25) is 0 Å². The average molecular weight is 408 g/mol. The molecule has 150 valence electrons. The van der Waals surface area contributed by atoms with Crippen LogP contribution >= 0.6 is 11.8 Å². The maximum absolute atomic E-state index is 12.3. The van der Waals surface area contributed by atoms with Crippen LogP contribution in [0, 0.1) is 0 Å². The Kier molecular flexibility index (Phi) is 7.14. The van der Waals surface area contributed by atoms with Crippen molar-refractivity contribution in [3.63, 3.8) is 0 Å². The Hall–Kier alpha value is -2.99. The molecule has 1 fully saturated rings. The highest BCUT2D eigenvalue weighted by Gasteiger charge is 2.23. The first-order chi connectivity index (χ1) is 14.1. The maximum Gasteiger partial charge on any atom is 0.264 e. The predicted molar refractivity (Wildman–Crippen MR) is 123 cm³/mol. The second-order valence-corrected chi connectivity index (χ2v) is 7.37. The summed E-state index contributed by atoms with van der Waals surface area (Å²) in [5.74, 6) is 0.631. The molecule has 1 amide bonds. The third-order valence-corrected chi connectivity index (χ3v) is 5.32. The Morgan fingerprint density at radius 2 is 1.79 bits per heavy atom. The first kappa shape index (κ1) is 20.7. The SMILES string of the molecule is C=CCOc1ccc(C=C2SC(=Nc3ccc(N(CC)CC)cc3)NC2=O)cc1. The van der Waals surface area contributed by atoms with Gasteiger partial charge in [-0.2, -0.15) is 0 Å². The molecule has 0 aliphatic carbocycles. The number of amidine groups is 1. The minimum absolute atomic E-state index is 0.138. The van der Waals surface area contributed by atoms with Crippen LogP contribution < -0.4 is 15.0 Å². The average Bonchev–Trinajstić information content (AvgIpc) is 3.08. The van der Waals surface area contributed by atoms with Crippen LogP contribution in [0.25, 0.3) is 6.08 Å². The molecule has 29 heavy (non-hydrogen) atoms. The van der Waals surface area contributed by atoms with Gasteiger partial charge in [0, 0.05) is 18.8 Å². The summed E-state index contributed by atoms with van der Waals surface area (Å²) in [4.78, 5) is 19.7. The minimum Gasteiger partial charge on any atom is -0.490 e. The fraction of sp³-hybridized carbons (Fsp3) is 0.217. The fourth-order valence-corrected chi connectivity index (χ4v) is 3.73. The van der Waals surface area contributed by atoms with E-state index in [-0.39, 0.29) is 5.91 Å². The maximum atomic E-state index is 12.3. The monoisotopic (exact) mass is 407 g/mol. The number of rotatable bonds is 8. The zero-order valence-corrected chi connectivity index (χ0v) is 17.5. The van der Waals surface area contributed by atoms with Gasteiger partial charge in [0.15, 0.2) is 5.17 Å². The van der Waals surface area contributed by atoms with Crippen molar-refractivity contribution in [1.29, 1.82) is 0 Å². The van der Waals surface area contributed by atoms with E-state index in [1.807, 2.05) is 42.5 Å². The minimum atomic E-state index is -0.138. The van der Waals surface area contributed by atoms with Gasteiger partial charge in [0.05, 0.1) is 10.6 Å².